The van der Waals surface area contributed by atoms with Gasteiger partial charge in [-0.15, -0.1) is 0 Å². The van der Waals surface area contributed by atoms with E-state index in [9.17, 15) is 4.79 Å². The second-order valence-corrected chi connectivity index (χ2v) is 5.32. The highest BCUT2D eigenvalue weighted by atomic mass is 16.1. The van der Waals surface area contributed by atoms with E-state index in [-0.39, 0.29) is 11.2 Å². The standard InChI is InChI=1S/C15H17NO/c1-15(7-8-15)14(17)10-13-12-5-3-2-4-11(12)6-9-16-13/h2-5,10,16H,6-9H2,1H3/b13-10+. The molecule has 0 spiro atoms. The summed E-state index contributed by atoms with van der Waals surface area (Å²) in [4.78, 5) is 12.1. The van der Waals surface area contributed by atoms with E-state index in [4.69, 9.17) is 0 Å². The lowest BCUT2D eigenvalue weighted by atomic mass is 9.95. The normalized spacial score (nSPS) is 22.8. The molecule has 0 unspecified atom stereocenters. The second-order valence-electron chi connectivity index (χ2n) is 5.32. The van der Waals surface area contributed by atoms with Crippen molar-refractivity contribution in [1.82, 2.24) is 5.32 Å². The van der Waals surface area contributed by atoms with E-state index in [1.165, 1.54) is 11.1 Å². The summed E-state index contributed by atoms with van der Waals surface area (Å²) in [6, 6.07) is 8.33. The van der Waals surface area contributed by atoms with E-state index < -0.39 is 0 Å². The molecule has 0 radical (unpaired) electrons. The fourth-order valence-electron chi connectivity index (χ4n) is 2.30. The van der Waals surface area contributed by atoms with Crippen molar-refractivity contribution >= 4 is 11.5 Å². The minimum absolute atomic E-state index is 0.0684. The highest BCUT2D eigenvalue weighted by Crippen LogP contribution is 2.46. The Morgan fingerprint density at radius 2 is 2.12 bits per heavy atom. The summed E-state index contributed by atoms with van der Waals surface area (Å²) < 4.78 is 0. The van der Waals surface area contributed by atoms with Gasteiger partial charge in [-0.25, -0.2) is 0 Å². The lowest BCUT2D eigenvalue weighted by molar-refractivity contribution is -0.118. The van der Waals surface area contributed by atoms with E-state index in [0.29, 0.717) is 0 Å². The largest absolute Gasteiger partial charge is 0.384 e. The molecule has 88 valence electrons. The smallest absolute Gasteiger partial charge is 0.163 e. The zero-order valence-corrected chi connectivity index (χ0v) is 10.1. The predicted octanol–water partition coefficient (Wildman–Crippen LogP) is 2.54. The number of allylic oxidation sites excluding steroid dienone is 1. The molecular formula is C15H17NO. The van der Waals surface area contributed by atoms with Crippen molar-refractivity contribution in [3.63, 3.8) is 0 Å². The van der Waals surface area contributed by atoms with E-state index in [2.05, 4.69) is 30.4 Å². The molecule has 1 aliphatic carbocycles. The number of benzene rings is 1. The van der Waals surface area contributed by atoms with Crippen molar-refractivity contribution < 1.29 is 4.79 Å². The molecule has 0 bridgehead atoms. The van der Waals surface area contributed by atoms with Gasteiger partial charge in [-0.3, -0.25) is 4.79 Å². The summed E-state index contributed by atoms with van der Waals surface area (Å²) in [6.45, 7) is 2.98. The quantitative estimate of drug-likeness (QED) is 0.787. The molecule has 0 aromatic heterocycles. The monoisotopic (exact) mass is 227 g/mol. The predicted molar refractivity (Wildman–Crippen MR) is 68.5 cm³/mol. The van der Waals surface area contributed by atoms with Gasteiger partial charge in [-0.1, -0.05) is 31.2 Å². The number of carbonyl (C=O) groups excluding carboxylic acids is 1. The van der Waals surface area contributed by atoms with Crippen LogP contribution < -0.4 is 5.32 Å². The third-order valence-corrected chi connectivity index (χ3v) is 3.89. The first-order chi connectivity index (χ1) is 8.19. The van der Waals surface area contributed by atoms with Crippen LogP contribution in [0.25, 0.3) is 5.70 Å². The Kier molecular flexibility index (Phi) is 2.32. The Morgan fingerprint density at radius 3 is 2.88 bits per heavy atom. The van der Waals surface area contributed by atoms with Gasteiger partial charge in [0.2, 0.25) is 0 Å². The van der Waals surface area contributed by atoms with Crippen molar-refractivity contribution in [3.05, 3.63) is 41.5 Å². The molecule has 1 aliphatic heterocycles. The highest BCUT2D eigenvalue weighted by molar-refractivity contribution is 6.02. The minimum Gasteiger partial charge on any atom is -0.384 e. The number of nitrogens with one attached hydrogen (secondary N) is 1. The highest BCUT2D eigenvalue weighted by Gasteiger charge is 2.43. The number of ketones is 1. The van der Waals surface area contributed by atoms with Gasteiger partial charge in [-0.2, -0.15) is 0 Å². The molecule has 2 heteroatoms. The number of hydrogen-bond donors (Lipinski definition) is 1. The first kappa shape index (κ1) is 10.6. The van der Waals surface area contributed by atoms with Gasteiger partial charge in [0.1, 0.15) is 0 Å². The van der Waals surface area contributed by atoms with E-state index in [1.54, 1.807) is 0 Å². The van der Waals surface area contributed by atoms with Crippen LogP contribution in [0.15, 0.2) is 30.3 Å². The Balaban J connectivity index is 1.95. The van der Waals surface area contributed by atoms with Gasteiger partial charge >= 0.3 is 0 Å². The Morgan fingerprint density at radius 1 is 1.35 bits per heavy atom. The average Bonchev–Trinajstić information content (AvgIpc) is 3.09. The lowest BCUT2D eigenvalue weighted by Crippen LogP contribution is -2.24. The Labute approximate surface area is 102 Å². The summed E-state index contributed by atoms with van der Waals surface area (Å²) in [5.74, 6) is 0.275. The average molecular weight is 227 g/mol. The topological polar surface area (TPSA) is 29.1 Å². The third kappa shape index (κ3) is 1.88. The maximum Gasteiger partial charge on any atom is 0.163 e. The van der Waals surface area contributed by atoms with Gasteiger partial charge in [-0.05, 0) is 24.8 Å². The molecule has 3 rings (SSSR count). The van der Waals surface area contributed by atoms with Gasteiger partial charge in [0, 0.05) is 29.3 Å². The molecule has 1 N–H and O–H groups in total. The third-order valence-electron chi connectivity index (χ3n) is 3.89. The lowest BCUT2D eigenvalue weighted by Gasteiger charge is -2.21. The molecule has 0 amide bonds. The van der Waals surface area contributed by atoms with Crippen LogP contribution in [-0.2, 0) is 11.2 Å². The summed E-state index contributed by atoms with van der Waals surface area (Å²) in [6.07, 6.45) is 4.93. The number of carbonyl (C=O) groups is 1. The van der Waals surface area contributed by atoms with Crippen LogP contribution >= 0.6 is 0 Å². The van der Waals surface area contributed by atoms with Crippen LogP contribution in [0, 0.1) is 5.41 Å². The first-order valence-corrected chi connectivity index (χ1v) is 6.27. The van der Waals surface area contributed by atoms with Gasteiger partial charge < -0.3 is 5.32 Å². The van der Waals surface area contributed by atoms with Crippen LogP contribution in [0.5, 0.6) is 0 Å². The SMILES string of the molecule is CC1(C(=O)/C=C2/NCCc3ccccc32)CC1. The summed E-state index contributed by atoms with van der Waals surface area (Å²) in [7, 11) is 0. The fourth-order valence-corrected chi connectivity index (χ4v) is 2.30. The van der Waals surface area contributed by atoms with Crippen LogP contribution in [0.2, 0.25) is 0 Å². The summed E-state index contributed by atoms with van der Waals surface area (Å²) >= 11 is 0. The molecule has 0 atom stereocenters. The molecule has 0 saturated heterocycles. The molecule has 2 nitrogen and oxygen atoms in total. The molecule has 1 aromatic carbocycles. The molecule has 1 fully saturated rings. The molecule has 17 heavy (non-hydrogen) atoms. The van der Waals surface area contributed by atoms with Crippen molar-refractivity contribution in [2.75, 3.05) is 6.54 Å². The van der Waals surface area contributed by atoms with Crippen LogP contribution in [0.4, 0.5) is 0 Å². The van der Waals surface area contributed by atoms with Crippen molar-refractivity contribution in [2.24, 2.45) is 5.41 Å². The molecule has 1 aromatic rings. The summed E-state index contributed by atoms with van der Waals surface area (Å²) in [5, 5.41) is 3.35. The zero-order valence-electron chi connectivity index (χ0n) is 10.1. The van der Waals surface area contributed by atoms with Crippen molar-refractivity contribution in [1.29, 1.82) is 0 Å². The second kappa shape index (κ2) is 3.73. The van der Waals surface area contributed by atoms with Gasteiger partial charge in [0.05, 0.1) is 0 Å². The Hall–Kier alpha value is -1.57. The van der Waals surface area contributed by atoms with Crippen LogP contribution in [-0.4, -0.2) is 12.3 Å². The van der Waals surface area contributed by atoms with Crippen LogP contribution in [0.3, 0.4) is 0 Å². The van der Waals surface area contributed by atoms with E-state index in [1.807, 2.05) is 12.1 Å². The van der Waals surface area contributed by atoms with E-state index in [0.717, 1.165) is 31.5 Å². The first-order valence-electron chi connectivity index (χ1n) is 6.27. The minimum atomic E-state index is -0.0684. The maximum absolute atomic E-state index is 12.1. The fraction of sp³-hybridized carbons (Fsp3) is 0.400. The van der Waals surface area contributed by atoms with Crippen LogP contribution in [0.1, 0.15) is 30.9 Å². The molecule has 1 heterocycles. The van der Waals surface area contributed by atoms with Crippen molar-refractivity contribution in [2.45, 2.75) is 26.2 Å². The summed E-state index contributed by atoms with van der Waals surface area (Å²) in [5.41, 5.74) is 3.47. The van der Waals surface area contributed by atoms with E-state index >= 15 is 0 Å². The van der Waals surface area contributed by atoms with Gasteiger partial charge in [0.25, 0.3) is 0 Å². The Bertz CT molecular complexity index is 497. The number of fused-ring (bicyclic) bond motifs is 1. The number of hydrogen-bond acceptors (Lipinski definition) is 2. The van der Waals surface area contributed by atoms with Gasteiger partial charge in [0.15, 0.2) is 5.78 Å². The zero-order chi connectivity index (χ0) is 11.9. The van der Waals surface area contributed by atoms with Crippen molar-refractivity contribution in [3.8, 4) is 0 Å². The maximum atomic E-state index is 12.1. The molecular weight excluding hydrogens is 210 g/mol. The molecule has 2 aliphatic rings. The number of rotatable bonds is 2. The molecule has 1 saturated carbocycles.